The van der Waals surface area contributed by atoms with E-state index < -0.39 is 0 Å². The minimum absolute atomic E-state index is 0.385. The van der Waals surface area contributed by atoms with Crippen LogP contribution in [0.1, 0.15) is 19.3 Å². The van der Waals surface area contributed by atoms with Crippen molar-refractivity contribution in [3.63, 3.8) is 0 Å². The lowest BCUT2D eigenvalue weighted by molar-refractivity contribution is 0.524. The first kappa shape index (κ1) is 10.8. The molecule has 2 aromatic heterocycles. The molecule has 1 fully saturated rings. The number of anilines is 1. The third-order valence-corrected chi connectivity index (χ3v) is 3.62. The van der Waals surface area contributed by atoms with Crippen molar-refractivity contribution in [3.05, 3.63) is 18.7 Å². The Labute approximate surface area is 104 Å². The smallest absolute Gasteiger partial charge is 0.203 e. The molecule has 2 heterocycles. The van der Waals surface area contributed by atoms with Gasteiger partial charge in [0, 0.05) is 24.8 Å². The summed E-state index contributed by atoms with van der Waals surface area (Å²) in [5.74, 6) is 1.52. The average molecular weight is 252 g/mol. The molecular weight excluding hydrogens is 238 g/mol. The van der Waals surface area contributed by atoms with Crippen LogP contribution in [0.4, 0.5) is 5.82 Å². The zero-order chi connectivity index (χ0) is 11.7. The molecule has 0 unspecified atom stereocenters. The molecule has 0 atom stereocenters. The van der Waals surface area contributed by atoms with Crippen LogP contribution in [-0.2, 0) is 0 Å². The largest absolute Gasteiger partial charge is 0.366 e. The summed E-state index contributed by atoms with van der Waals surface area (Å²) in [6.07, 6.45) is 8.84. The molecule has 2 aromatic rings. The average Bonchev–Trinajstić information content (AvgIpc) is 2.92. The molecule has 1 aliphatic rings. The van der Waals surface area contributed by atoms with Gasteiger partial charge in [-0.1, -0.05) is 0 Å². The van der Waals surface area contributed by atoms with Crippen LogP contribution < -0.4 is 5.32 Å². The number of nitrogens with one attached hydrogen (secondary N) is 1. The van der Waals surface area contributed by atoms with Gasteiger partial charge in [-0.15, -0.1) is 21.8 Å². The normalized spacial score (nSPS) is 17.2. The van der Waals surface area contributed by atoms with Gasteiger partial charge in [0.25, 0.3) is 0 Å². The summed E-state index contributed by atoms with van der Waals surface area (Å²) in [7, 11) is 0. The van der Waals surface area contributed by atoms with Gasteiger partial charge in [0.15, 0.2) is 5.82 Å². The first-order chi connectivity index (χ1) is 8.33. The molecule has 0 spiro atoms. The van der Waals surface area contributed by atoms with Crippen LogP contribution in [0.3, 0.4) is 0 Å². The van der Waals surface area contributed by atoms with Crippen LogP contribution >= 0.6 is 11.6 Å². The number of halogens is 1. The Bertz CT molecular complexity index is 519. The van der Waals surface area contributed by atoms with E-state index in [1.54, 1.807) is 12.5 Å². The van der Waals surface area contributed by atoms with Crippen molar-refractivity contribution in [2.75, 3.05) is 17.7 Å². The van der Waals surface area contributed by atoms with E-state index in [1.807, 2.05) is 10.6 Å². The van der Waals surface area contributed by atoms with Gasteiger partial charge in [-0.3, -0.25) is 4.40 Å². The zero-order valence-corrected chi connectivity index (χ0v) is 10.2. The van der Waals surface area contributed by atoms with Crippen LogP contribution in [0, 0.1) is 5.41 Å². The van der Waals surface area contributed by atoms with Crippen LogP contribution in [-0.4, -0.2) is 32.0 Å². The zero-order valence-electron chi connectivity index (χ0n) is 9.43. The quantitative estimate of drug-likeness (QED) is 0.826. The number of rotatable bonds is 5. The molecule has 0 saturated heterocycles. The first-order valence-corrected chi connectivity index (χ1v) is 6.31. The molecular formula is C11H14ClN5. The number of alkyl halides is 1. The molecule has 1 saturated carbocycles. The maximum Gasteiger partial charge on any atom is 0.203 e. The molecule has 17 heavy (non-hydrogen) atoms. The SMILES string of the molecule is ClCCC1(CNc2nccn3cnnc23)CC1. The molecule has 3 rings (SSSR count). The Hall–Kier alpha value is -1.36. The van der Waals surface area contributed by atoms with Gasteiger partial charge in [-0.2, -0.15) is 0 Å². The fourth-order valence-electron chi connectivity index (χ4n) is 2.05. The van der Waals surface area contributed by atoms with E-state index in [0.29, 0.717) is 5.41 Å². The molecule has 90 valence electrons. The molecule has 1 N–H and O–H groups in total. The summed E-state index contributed by atoms with van der Waals surface area (Å²) >= 11 is 5.82. The lowest BCUT2D eigenvalue weighted by Gasteiger charge is -2.14. The van der Waals surface area contributed by atoms with Gasteiger partial charge in [-0.25, -0.2) is 4.98 Å². The van der Waals surface area contributed by atoms with Crippen molar-refractivity contribution in [1.82, 2.24) is 19.6 Å². The summed E-state index contributed by atoms with van der Waals surface area (Å²) < 4.78 is 1.86. The minimum Gasteiger partial charge on any atom is -0.366 e. The fraction of sp³-hybridized carbons (Fsp3) is 0.545. The first-order valence-electron chi connectivity index (χ1n) is 5.77. The van der Waals surface area contributed by atoms with Crippen molar-refractivity contribution in [3.8, 4) is 0 Å². The molecule has 0 amide bonds. The second-order valence-electron chi connectivity index (χ2n) is 4.63. The summed E-state index contributed by atoms with van der Waals surface area (Å²) in [5.41, 5.74) is 1.16. The van der Waals surface area contributed by atoms with Crippen molar-refractivity contribution >= 4 is 23.1 Å². The Morgan fingerprint density at radius 1 is 1.47 bits per heavy atom. The molecule has 0 aromatic carbocycles. The van der Waals surface area contributed by atoms with Gasteiger partial charge in [0.05, 0.1) is 0 Å². The molecule has 0 bridgehead atoms. The third kappa shape index (κ3) is 2.07. The predicted molar refractivity (Wildman–Crippen MR) is 66.3 cm³/mol. The highest BCUT2D eigenvalue weighted by molar-refractivity contribution is 6.17. The number of nitrogens with zero attached hydrogens (tertiary/aromatic N) is 4. The lowest BCUT2D eigenvalue weighted by Crippen LogP contribution is -2.17. The molecule has 0 radical (unpaired) electrons. The highest BCUT2D eigenvalue weighted by Crippen LogP contribution is 2.48. The molecule has 0 aliphatic heterocycles. The van der Waals surface area contributed by atoms with E-state index in [2.05, 4.69) is 20.5 Å². The fourth-order valence-corrected chi connectivity index (χ4v) is 2.45. The van der Waals surface area contributed by atoms with Crippen LogP contribution in [0.15, 0.2) is 18.7 Å². The van der Waals surface area contributed by atoms with Gasteiger partial charge >= 0.3 is 0 Å². The molecule has 1 aliphatic carbocycles. The standard InChI is InChI=1S/C11H14ClN5/c12-4-3-11(1-2-11)7-14-9-10-16-15-8-17(10)6-5-13-9/h5-6,8H,1-4,7H2,(H,13,14). The topological polar surface area (TPSA) is 55.1 Å². The Morgan fingerprint density at radius 3 is 3.12 bits per heavy atom. The monoisotopic (exact) mass is 251 g/mol. The Balaban J connectivity index is 1.75. The second kappa shape index (κ2) is 4.14. The van der Waals surface area contributed by atoms with Gasteiger partial charge in [-0.05, 0) is 24.7 Å². The summed E-state index contributed by atoms with van der Waals surface area (Å²) in [4.78, 5) is 4.30. The highest BCUT2D eigenvalue weighted by Gasteiger charge is 2.41. The predicted octanol–water partition coefficient (Wildman–Crippen LogP) is 1.95. The van der Waals surface area contributed by atoms with Gasteiger partial charge in [0.2, 0.25) is 5.65 Å². The number of fused-ring (bicyclic) bond motifs is 1. The van der Waals surface area contributed by atoms with E-state index in [9.17, 15) is 0 Å². The molecule has 5 nitrogen and oxygen atoms in total. The van der Waals surface area contributed by atoms with E-state index in [4.69, 9.17) is 11.6 Å². The highest BCUT2D eigenvalue weighted by atomic mass is 35.5. The van der Waals surface area contributed by atoms with Crippen molar-refractivity contribution in [2.24, 2.45) is 5.41 Å². The number of hydrogen-bond donors (Lipinski definition) is 1. The van der Waals surface area contributed by atoms with E-state index >= 15 is 0 Å². The van der Waals surface area contributed by atoms with Crippen molar-refractivity contribution in [2.45, 2.75) is 19.3 Å². The van der Waals surface area contributed by atoms with Crippen LogP contribution in [0.2, 0.25) is 0 Å². The maximum atomic E-state index is 5.82. The minimum atomic E-state index is 0.385. The number of hydrogen-bond acceptors (Lipinski definition) is 4. The van der Waals surface area contributed by atoms with Gasteiger partial charge in [0.1, 0.15) is 6.33 Å². The van der Waals surface area contributed by atoms with E-state index in [0.717, 1.165) is 30.3 Å². The summed E-state index contributed by atoms with van der Waals surface area (Å²) in [6, 6.07) is 0. The van der Waals surface area contributed by atoms with E-state index in [1.165, 1.54) is 12.8 Å². The maximum absolute atomic E-state index is 5.82. The third-order valence-electron chi connectivity index (χ3n) is 3.43. The van der Waals surface area contributed by atoms with Crippen LogP contribution in [0.5, 0.6) is 0 Å². The van der Waals surface area contributed by atoms with Crippen molar-refractivity contribution in [1.29, 1.82) is 0 Å². The van der Waals surface area contributed by atoms with Crippen molar-refractivity contribution < 1.29 is 0 Å². The second-order valence-corrected chi connectivity index (χ2v) is 5.01. The lowest BCUT2D eigenvalue weighted by atomic mass is 10.0. The van der Waals surface area contributed by atoms with Gasteiger partial charge < -0.3 is 5.32 Å². The molecule has 6 heteroatoms. The van der Waals surface area contributed by atoms with Crippen LogP contribution in [0.25, 0.3) is 5.65 Å². The Kier molecular flexibility index (Phi) is 2.63. The number of aromatic nitrogens is 4. The Morgan fingerprint density at radius 2 is 2.35 bits per heavy atom. The summed E-state index contributed by atoms with van der Waals surface area (Å²) in [5, 5.41) is 11.3. The summed E-state index contributed by atoms with van der Waals surface area (Å²) in [6.45, 7) is 0.916. The van der Waals surface area contributed by atoms with E-state index in [-0.39, 0.29) is 0 Å².